The number of benzene rings is 1. The minimum atomic E-state index is 0.127. The van der Waals surface area contributed by atoms with Crippen LogP contribution in [0.3, 0.4) is 0 Å². The number of aryl methyl sites for hydroxylation is 3. The van der Waals surface area contributed by atoms with Gasteiger partial charge in [-0.1, -0.05) is 24.3 Å². The molecule has 1 amide bonds. The lowest BCUT2D eigenvalue weighted by atomic mass is 10.1. The monoisotopic (exact) mass is 354 g/mol. The second kappa shape index (κ2) is 8.49. The maximum Gasteiger partial charge on any atom is 0.220 e. The van der Waals surface area contributed by atoms with Gasteiger partial charge in [-0.15, -0.1) is 0 Å². The molecule has 26 heavy (non-hydrogen) atoms. The zero-order valence-electron chi connectivity index (χ0n) is 16.1. The van der Waals surface area contributed by atoms with Gasteiger partial charge in [-0.3, -0.25) is 14.8 Å². The van der Waals surface area contributed by atoms with Crippen LogP contribution in [-0.2, 0) is 17.8 Å². The second-order valence-electron chi connectivity index (χ2n) is 7.54. The molecule has 1 aliphatic heterocycles. The van der Waals surface area contributed by atoms with Crippen LogP contribution < -0.4 is 5.32 Å². The number of hydrogen-bond acceptors (Lipinski definition) is 3. The lowest BCUT2D eigenvalue weighted by Gasteiger charge is -2.17. The van der Waals surface area contributed by atoms with Gasteiger partial charge in [-0.05, 0) is 56.3 Å². The summed E-state index contributed by atoms with van der Waals surface area (Å²) in [7, 11) is 0. The summed E-state index contributed by atoms with van der Waals surface area (Å²) in [6.45, 7) is 10.2. The first kappa shape index (κ1) is 18.6. The summed E-state index contributed by atoms with van der Waals surface area (Å²) in [5.41, 5.74) is 6.01. The van der Waals surface area contributed by atoms with Crippen LogP contribution in [0.15, 0.2) is 24.3 Å². The van der Waals surface area contributed by atoms with Gasteiger partial charge in [-0.2, -0.15) is 5.10 Å². The number of likely N-dealkylation sites (tertiary alicyclic amines) is 1. The Bertz CT molecular complexity index is 752. The van der Waals surface area contributed by atoms with Crippen LogP contribution in [0, 0.1) is 26.7 Å². The summed E-state index contributed by atoms with van der Waals surface area (Å²) in [6, 6.07) is 8.58. The Hall–Kier alpha value is -2.14. The van der Waals surface area contributed by atoms with E-state index in [4.69, 9.17) is 0 Å². The quantitative estimate of drug-likeness (QED) is 0.804. The smallest absolute Gasteiger partial charge is 0.220 e. The summed E-state index contributed by atoms with van der Waals surface area (Å²) in [4.78, 5) is 14.6. The molecule has 1 unspecified atom stereocenters. The number of H-pyrrole nitrogens is 1. The molecule has 3 rings (SSSR count). The largest absolute Gasteiger partial charge is 0.356 e. The number of carbonyl (C=O) groups is 1. The Morgan fingerprint density at radius 1 is 1.31 bits per heavy atom. The molecule has 5 nitrogen and oxygen atoms in total. The summed E-state index contributed by atoms with van der Waals surface area (Å²) in [5, 5.41) is 10.4. The Labute approximate surface area is 156 Å². The minimum Gasteiger partial charge on any atom is -0.356 e. The molecule has 1 aromatic carbocycles. The van der Waals surface area contributed by atoms with E-state index < -0.39 is 0 Å². The Morgan fingerprint density at radius 2 is 2.12 bits per heavy atom. The molecule has 1 aliphatic rings. The highest BCUT2D eigenvalue weighted by Gasteiger charge is 2.23. The molecule has 5 heteroatoms. The summed E-state index contributed by atoms with van der Waals surface area (Å²) < 4.78 is 0. The summed E-state index contributed by atoms with van der Waals surface area (Å²) in [5.74, 6) is 0.680. The number of carbonyl (C=O) groups excluding carboxylic acids is 1. The van der Waals surface area contributed by atoms with Crippen LogP contribution in [0.25, 0.3) is 0 Å². The van der Waals surface area contributed by atoms with Gasteiger partial charge in [0.25, 0.3) is 0 Å². The van der Waals surface area contributed by atoms with Crippen molar-refractivity contribution in [3.8, 4) is 0 Å². The molecule has 0 radical (unpaired) electrons. The van der Waals surface area contributed by atoms with Crippen molar-refractivity contribution in [3.63, 3.8) is 0 Å². The lowest BCUT2D eigenvalue weighted by molar-refractivity contribution is -0.121. The molecule has 2 N–H and O–H groups in total. The maximum atomic E-state index is 12.1. The molecule has 0 bridgehead atoms. The third-order valence-electron chi connectivity index (χ3n) is 5.56. The van der Waals surface area contributed by atoms with Crippen LogP contribution in [-0.4, -0.2) is 40.6 Å². The SMILES string of the molecule is Cc1ccccc1CN1CCC(CNC(=O)CCc2n[nH]c(C)c2C)C1. The fraction of sp³-hybridized carbons (Fsp3) is 0.524. The van der Waals surface area contributed by atoms with Crippen molar-refractivity contribution >= 4 is 5.91 Å². The predicted octanol–water partition coefficient (Wildman–Crippen LogP) is 2.91. The van der Waals surface area contributed by atoms with Crippen molar-refractivity contribution in [2.24, 2.45) is 5.92 Å². The Morgan fingerprint density at radius 3 is 2.85 bits per heavy atom. The zero-order chi connectivity index (χ0) is 18.5. The first-order valence-electron chi connectivity index (χ1n) is 9.57. The summed E-state index contributed by atoms with van der Waals surface area (Å²) >= 11 is 0. The standard InChI is InChI=1S/C21H30N4O/c1-15-6-4-5-7-19(15)14-25-11-10-18(13-25)12-22-21(26)9-8-20-16(2)17(3)23-24-20/h4-7,18H,8-14H2,1-3H3,(H,22,26)(H,23,24). The van der Waals surface area contributed by atoms with Crippen LogP contribution in [0.1, 0.15) is 40.9 Å². The van der Waals surface area contributed by atoms with E-state index in [1.54, 1.807) is 0 Å². The number of aromatic nitrogens is 2. The van der Waals surface area contributed by atoms with E-state index >= 15 is 0 Å². The lowest BCUT2D eigenvalue weighted by Crippen LogP contribution is -2.31. The highest BCUT2D eigenvalue weighted by molar-refractivity contribution is 5.76. The third-order valence-corrected chi connectivity index (χ3v) is 5.56. The number of amides is 1. The Kier molecular flexibility index (Phi) is 6.09. The molecule has 1 aromatic heterocycles. The van der Waals surface area contributed by atoms with Crippen LogP contribution in [0.4, 0.5) is 0 Å². The number of nitrogens with one attached hydrogen (secondary N) is 2. The molecule has 1 atom stereocenters. The normalized spacial score (nSPS) is 17.6. The van der Waals surface area contributed by atoms with Crippen molar-refractivity contribution in [2.75, 3.05) is 19.6 Å². The van der Waals surface area contributed by atoms with Gasteiger partial charge in [0.05, 0.1) is 5.69 Å². The van der Waals surface area contributed by atoms with Gasteiger partial charge in [-0.25, -0.2) is 0 Å². The second-order valence-corrected chi connectivity index (χ2v) is 7.54. The van der Waals surface area contributed by atoms with Crippen molar-refractivity contribution in [2.45, 2.75) is 46.6 Å². The van der Waals surface area contributed by atoms with Crippen LogP contribution in [0.5, 0.6) is 0 Å². The van der Waals surface area contributed by atoms with Gasteiger partial charge >= 0.3 is 0 Å². The first-order valence-corrected chi connectivity index (χ1v) is 9.57. The van der Waals surface area contributed by atoms with Crippen molar-refractivity contribution in [1.29, 1.82) is 0 Å². The molecule has 140 valence electrons. The first-order chi connectivity index (χ1) is 12.5. The molecule has 0 aliphatic carbocycles. The van der Waals surface area contributed by atoms with Gasteiger partial charge in [0, 0.05) is 38.2 Å². The number of hydrogen-bond donors (Lipinski definition) is 2. The van der Waals surface area contributed by atoms with E-state index in [-0.39, 0.29) is 5.91 Å². The molecular formula is C21H30N4O. The highest BCUT2D eigenvalue weighted by Crippen LogP contribution is 2.19. The molecule has 0 saturated carbocycles. The van der Waals surface area contributed by atoms with Crippen LogP contribution >= 0.6 is 0 Å². The van der Waals surface area contributed by atoms with E-state index in [2.05, 4.69) is 51.6 Å². The van der Waals surface area contributed by atoms with E-state index in [1.807, 2.05) is 13.8 Å². The van der Waals surface area contributed by atoms with Gasteiger partial charge in [0.2, 0.25) is 5.91 Å². The summed E-state index contributed by atoms with van der Waals surface area (Å²) in [6.07, 6.45) is 2.36. The van der Waals surface area contributed by atoms with Gasteiger partial charge in [0.15, 0.2) is 0 Å². The molecule has 0 spiro atoms. The van der Waals surface area contributed by atoms with Crippen LogP contribution in [0.2, 0.25) is 0 Å². The fourth-order valence-electron chi connectivity index (χ4n) is 3.61. The predicted molar refractivity (Wildman–Crippen MR) is 104 cm³/mol. The average molecular weight is 354 g/mol. The number of nitrogens with zero attached hydrogens (tertiary/aromatic N) is 2. The fourth-order valence-corrected chi connectivity index (χ4v) is 3.61. The maximum absolute atomic E-state index is 12.1. The number of aromatic amines is 1. The minimum absolute atomic E-state index is 0.127. The van der Waals surface area contributed by atoms with E-state index in [9.17, 15) is 4.79 Å². The van der Waals surface area contributed by atoms with Crippen molar-refractivity contribution in [3.05, 3.63) is 52.3 Å². The van der Waals surface area contributed by atoms with Gasteiger partial charge in [0.1, 0.15) is 0 Å². The van der Waals surface area contributed by atoms with Crippen molar-refractivity contribution < 1.29 is 4.79 Å². The van der Waals surface area contributed by atoms with E-state index in [1.165, 1.54) is 16.7 Å². The Balaban J connectivity index is 1.38. The number of rotatable bonds is 7. The molecule has 2 heterocycles. The van der Waals surface area contributed by atoms with E-state index in [0.29, 0.717) is 18.8 Å². The van der Waals surface area contributed by atoms with E-state index in [0.717, 1.165) is 44.0 Å². The molecule has 2 aromatic rings. The van der Waals surface area contributed by atoms with Crippen molar-refractivity contribution in [1.82, 2.24) is 20.4 Å². The zero-order valence-corrected chi connectivity index (χ0v) is 16.1. The third kappa shape index (κ3) is 4.73. The average Bonchev–Trinajstić information content (AvgIpc) is 3.21. The highest BCUT2D eigenvalue weighted by atomic mass is 16.1. The molecule has 1 fully saturated rings. The molecule has 1 saturated heterocycles. The topological polar surface area (TPSA) is 61.0 Å². The molecular weight excluding hydrogens is 324 g/mol. The van der Waals surface area contributed by atoms with Gasteiger partial charge < -0.3 is 5.32 Å².